The molecular formula is C21H21F3N6O3. The van der Waals surface area contributed by atoms with Crippen LogP contribution in [-0.2, 0) is 24.3 Å². The first kappa shape index (κ1) is 22.5. The third-order valence-corrected chi connectivity index (χ3v) is 5.35. The van der Waals surface area contributed by atoms with Gasteiger partial charge in [-0.1, -0.05) is 0 Å². The lowest BCUT2D eigenvalue weighted by atomic mass is 10.2. The summed E-state index contributed by atoms with van der Waals surface area (Å²) in [6, 6.07) is 3.65. The fraction of sp³-hybridized carbons (Fsp3) is 0.381. The number of alkyl halides is 2. The summed E-state index contributed by atoms with van der Waals surface area (Å²) in [4.78, 5) is 44.2. The number of hydrogen-bond acceptors (Lipinski definition) is 5. The molecule has 0 saturated carbocycles. The Morgan fingerprint density at radius 2 is 2.00 bits per heavy atom. The first-order chi connectivity index (χ1) is 15.7. The Bertz CT molecular complexity index is 1280. The summed E-state index contributed by atoms with van der Waals surface area (Å²) in [7, 11) is 0. The fourth-order valence-corrected chi connectivity index (χ4v) is 3.76. The second-order valence-corrected chi connectivity index (χ2v) is 7.99. The van der Waals surface area contributed by atoms with Gasteiger partial charge in [-0.2, -0.15) is 9.61 Å². The van der Waals surface area contributed by atoms with E-state index >= 15 is 0 Å². The molecule has 0 unspecified atom stereocenters. The van der Waals surface area contributed by atoms with Crippen LogP contribution in [0.3, 0.4) is 0 Å². The van der Waals surface area contributed by atoms with Gasteiger partial charge >= 0.3 is 0 Å². The highest BCUT2D eigenvalue weighted by molar-refractivity contribution is 5.98. The van der Waals surface area contributed by atoms with E-state index in [0.29, 0.717) is 0 Å². The third-order valence-electron chi connectivity index (χ3n) is 5.35. The van der Waals surface area contributed by atoms with Crippen molar-refractivity contribution in [3.63, 3.8) is 0 Å². The van der Waals surface area contributed by atoms with E-state index in [0.717, 1.165) is 16.8 Å². The molecule has 1 aliphatic heterocycles. The molecule has 0 bridgehead atoms. The summed E-state index contributed by atoms with van der Waals surface area (Å²) in [6.45, 7) is 3.29. The van der Waals surface area contributed by atoms with Crippen molar-refractivity contribution in [3.05, 3.63) is 57.5 Å². The molecule has 0 aliphatic carbocycles. The highest BCUT2D eigenvalue weighted by Crippen LogP contribution is 2.25. The van der Waals surface area contributed by atoms with Gasteiger partial charge in [0.1, 0.15) is 29.5 Å². The minimum atomic E-state index is -2.53. The lowest BCUT2D eigenvalue weighted by Gasteiger charge is -2.20. The van der Waals surface area contributed by atoms with Crippen LogP contribution in [0, 0.1) is 5.82 Å². The Morgan fingerprint density at radius 1 is 1.24 bits per heavy atom. The van der Waals surface area contributed by atoms with Crippen LogP contribution in [0.5, 0.6) is 0 Å². The van der Waals surface area contributed by atoms with E-state index in [1.807, 2.05) is 0 Å². The summed E-state index contributed by atoms with van der Waals surface area (Å²) in [6.07, 6.45) is -2.09. The molecule has 0 radical (unpaired) electrons. The molecule has 0 saturated heterocycles. The Morgan fingerprint density at radius 3 is 2.64 bits per heavy atom. The molecule has 0 fully saturated rings. The molecule has 0 spiro atoms. The van der Waals surface area contributed by atoms with Gasteiger partial charge in [0.05, 0.1) is 24.0 Å². The summed E-state index contributed by atoms with van der Waals surface area (Å²) >= 11 is 0. The molecular weight excluding hydrogens is 441 g/mol. The third kappa shape index (κ3) is 4.32. The summed E-state index contributed by atoms with van der Waals surface area (Å²) in [5.74, 6) is -1.45. The topological polar surface area (TPSA) is 102 Å². The van der Waals surface area contributed by atoms with Crippen LogP contribution in [0.15, 0.2) is 29.2 Å². The lowest BCUT2D eigenvalue weighted by molar-refractivity contribution is -0.116. The molecule has 0 atom stereocenters. The van der Waals surface area contributed by atoms with Gasteiger partial charge in [-0.15, -0.1) is 0 Å². The molecule has 174 valence electrons. The summed E-state index contributed by atoms with van der Waals surface area (Å²) in [5.41, 5.74) is 0.0978. The van der Waals surface area contributed by atoms with E-state index in [9.17, 15) is 27.6 Å². The molecule has 12 heteroatoms. The average Bonchev–Trinajstić information content (AvgIpc) is 3.33. The number of nitrogens with one attached hydrogen (secondary N) is 1. The molecule has 2 amide bonds. The number of anilines is 1. The Labute approximate surface area is 185 Å². The highest BCUT2D eigenvalue weighted by Gasteiger charge is 2.36. The number of halogens is 3. The largest absolute Gasteiger partial charge is 0.330 e. The first-order valence-electron chi connectivity index (χ1n) is 10.3. The van der Waals surface area contributed by atoms with Gasteiger partial charge in [0, 0.05) is 18.5 Å². The second-order valence-electron chi connectivity index (χ2n) is 7.99. The number of aromatic nitrogens is 4. The predicted molar refractivity (Wildman–Crippen MR) is 112 cm³/mol. The number of carbonyl (C=O) groups is 2. The van der Waals surface area contributed by atoms with Crippen LogP contribution in [-0.4, -0.2) is 48.3 Å². The Kier molecular flexibility index (Phi) is 5.91. The predicted octanol–water partition coefficient (Wildman–Crippen LogP) is 2.23. The molecule has 9 nitrogen and oxygen atoms in total. The smallest absolute Gasteiger partial charge is 0.280 e. The van der Waals surface area contributed by atoms with Crippen LogP contribution < -0.4 is 10.9 Å². The van der Waals surface area contributed by atoms with Crippen molar-refractivity contribution in [3.8, 4) is 0 Å². The highest BCUT2D eigenvalue weighted by atomic mass is 19.3. The maximum absolute atomic E-state index is 13.1. The van der Waals surface area contributed by atoms with Gasteiger partial charge in [-0.25, -0.2) is 18.2 Å². The normalized spacial score (nSPS) is 13.4. The molecule has 4 heterocycles. The van der Waals surface area contributed by atoms with Crippen molar-refractivity contribution in [1.82, 2.24) is 24.1 Å². The minimum Gasteiger partial charge on any atom is -0.330 e. The van der Waals surface area contributed by atoms with E-state index in [1.54, 1.807) is 13.8 Å². The van der Waals surface area contributed by atoms with Gasteiger partial charge in [0.15, 0.2) is 0 Å². The van der Waals surface area contributed by atoms with E-state index in [-0.39, 0.29) is 54.0 Å². The van der Waals surface area contributed by atoms with E-state index in [2.05, 4.69) is 15.4 Å². The van der Waals surface area contributed by atoms with Crippen molar-refractivity contribution in [2.45, 2.75) is 52.2 Å². The zero-order valence-corrected chi connectivity index (χ0v) is 17.9. The number of pyridine rings is 1. The Hall–Kier alpha value is -3.70. The van der Waals surface area contributed by atoms with Crippen LogP contribution in [0.4, 0.5) is 19.0 Å². The number of carbonyl (C=O) groups excluding carboxylic acids is 2. The molecule has 4 rings (SSSR count). The molecule has 33 heavy (non-hydrogen) atoms. The zero-order valence-electron chi connectivity index (χ0n) is 17.9. The molecule has 1 N–H and O–H groups in total. The minimum absolute atomic E-state index is 0.0496. The van der Waals surface area contributed by atoms with Gasteiger partial charge in [-0.05, 0) is 32.4 Å². The number of nitrogens with zero attached hydrogens (tertiary/aromatic N) is 5. The molecule has 1 aliphatic rings. The molecule has 0 aromatic carbocycles. The van der Waals surface area contributed by atoms with Crippen molar-refractivity contribution >= 4 is 23.3 Å². The average molecular weight is 462 g/mol. The van der Waals surface area contributed by atoms with Crippen molar-refractivity contribution in [1.29, 1.82) is 0 Å². The van der Waals surface area contributed by atoms with Crippen molar-refractivity contribution in [2.24, 2.45) is 0 Å². The number of fused-ring (bicyclic) bond motifs is 2. The molecule has 3 aromatic heterocycles. The quantitative estimate of drug-likeness (QED) is 0.580. The van der Waals surface area contributed by atoms with Crippen molar-refractivity contribution in [2.75, 3.05) is 5.32 Å². The fourth-order valence-electron chi connectivity index (χ4n) is 3.76. The van der Waals surface area contributed by atoms with E-state index in [1.165, 1.54) is 21.6 Å². The number of aryl methyl sites for hydroxylation is 1. The summed E-state index contributed by atoms with van der Waals surface area (Å²) < 4.78 is 40.8. The van der Waals surface area contributed by atoms with E-state index in [4.69, 9.17) is 0 Å². The number of hydrogen-bond donors (Lipinski definition) is 1. The van der Waals surface area contributed by atoms with Gasteiger partial charge in [-0.3, -0.25) is 14.4 Å². The van der Waals surface area contributed by atoms with Crippen LogP contribution in [0.1, 0.15) is 42.0 Å². The SMILES string of the molecule is CC(C)N1Cc2c(n(CC(=O)Nc3ccc(F)cn3)c3cc(CCC(F)F)nn3c2=O)C1=O. The maximum atomic E-state index is 13.1. The zero-order chi connectivity index (χ0) is 23.9. The standard InChI is InChI=1S/C21H21F3N6O3/c1-11(2)28-9-14-19(21(28)33)29(10-17(31)26-16-6-3-12(22)8-25-16)18-7-13(4-5-15(23)24)27-30(18)20(14)32/h3,6-8,11,15H,4-5,9-10H2,1-2H3,(H,25,26,31). The van der Waals surface area contributed by atoms with Crippen LogP contribution >= 0.6 is 0 Å². The van der Waals surface area contributed by atoms with Crippen LogP contribution in [0.2, 0.25) is 0 Å². The monoisotopic (exact) mass is 462 g/mol. The number of amides is 2. The van der Waals surface area contributed by atoms with Crippen molar-refractivity contribution < 1.29 is 22.8 Å². The van der Waals surface area contributed by atoms with E-state index < -0.39 is 36.0 Å². The van der Waals surface area contributed by atoms with Gasteiger partial charge in [0.25, 0.3) is 11.5 Å². The maximum Gasteiger partial charge on any atom is 0.280 e. The van der Waals surface area contributed by atoms with Gasteiger partial charge in [0.2, 0.25) is 12.3 Å². The van der Waals surface area contributed by atoms with Gasteiger partial charge < -0.3 is 14.8 Å². The number of rotatable bonds is 7. The first-order valence-corrected chi connectivity index (χ1v) is 10.3. The molecule has 3 aromatic rings. The lowest BCUT2D eigenvalue weighted by Crippen LogP contribution is -2.32. The summed E-state index contributed by atoms with van der Waals surface area (Å²) in [5, 5.41) is 6.67. The Balaban J connectivity index is 1.77. The van der Waals surface area contributed by atoms with Crippen LogP contribution in [0.25, 0.3) is 5.65 Å². The second kappa shape index (κ2) is 8.68.